The number of hydrogen-bond acceptors (Lipinski definition) is 4. The molecule has 0 aliphatic carbocycles. The van der Waals surface area contributed by atoms with Gasteiger partial charge < -0.3 is 11.1 Å². The highest BCUT2D eigenvalue weighted by molar-refractivity contribution is 5.92. The zero-order valence-corrected chi connectivity index (χ0v) is 10.1. The van der Waals surface area contributed by atoms with Crippen molar-refractivity contribution < 1.29 is 4.79 Å². The van der Waals surface area contributed by atoms with Crippen LogP contribution in [-0.2, 0) is 6.54 Å². The molecular weight excluding hydrogens is 230 g/mol. The molecule has 18 heavy (non-hydrogen) atoms. The first-order valence-corrected chi connectivity index (χ1v) is 5.64. The number of rotatable bonds is 4. The minimum Gasteiger partial charge on any atom is -0.399 e. The van der Waals surface area contributed by atoms with Crippen LogP contribution >= 0.6 is 0 Å². The number of carbonyl (C=O) groups excluding carboxylic acids is 1. The molecule has 0 fully saturated rings. The summed E-state index contributed by atoms with van der Waals surface area (Å²) in [6.07, 6.45) is 5.22. The zero-order valence-electron chi connectivity index (χ0n) is 10.1. The molecule has 2 aromatic rings. The van der Waals surface area contributed by atoms with Gasteiger partial charge in [0.05, 0.1) is 12.7 Å². The number of amides is 1. The average molecular weight is 245 g/mol. The topological polar surface area (TPSA) is 85.8 Å². The molecule has 2 rings (SSSR count). The number of nitrogens with two attached hydrogens (primary N) is 1. The van der Waals surface area contributed by atoms with E-state index in [-0.39, 0.29) is 5.91 Å². The number of nitrogens with one attached hydrogen (secondary N) is 1. The summed E-state index contributed by atoms with van der Waals surface area (Å²) < 4.78 is 1.78. The van der Waals surface area contributed by atoms with Crippen LogP contribution in [0.15, 0.2) is 30.7 Å². The molecule has 2 heterocycles. The molecule has 94 valence electrons. The fourth-order valence-electron chi connectivity index (χ4n) is 1.53. The third-order valence-electron chi connectivity index (χ3n) is 2.41. The first-order valence-electron chi connectivity index (χ1n) is 5.64. The predicted octanol–water partition coefficient (Wildman–Crippen LogP) is 0.599. The van der Waals surface area contributed by atoms with E-state index in [4.69, 9.17) is 5.73 Å². The highest BCUT2D eigenvalue weighted by Gasteiger charge is 2.06. The largest absolute Gasteiger partial charge is 0.399 e. The monoisotopic (exact) mass is 245 g/mol. The van der Waals surface area contributed by atoms with Crippen LogP contribution in [0.1, 0.15) is 16.1 Å². The number of anilines is 1. The Hall–Kier alpha value is -2.37. The van der Waals surface area contributed by atoms with Crippen molar-refractivity contribution in [3.8, 4) is 0 Å². The number of nitrogens with zero attached hydrogens (tertiary/aromatic N) is 3. The SMILES string of the molecule is Cc1cnn(CCNC(=O)c2cc(N)ccn2)c1. The van der Waals surface area contributed by atoms with Crippen LogP contribution in [0.5, 0.6) is 0 Å². The van der Waals surface area contributed by atoms with Gasteiger partial charge in [0, 0.05) is 24.6 Å². The number of pyridine rings is 1. The summed E-state index contributed by atoms with van der Waals surface area (Å²) in [5.74, 6) is -0.230. The van der Waals surface area contributed by atoms with Gasteiger partial charge in [0.15, 0.2) is 0 Å². The molecule has 1 amide bonds. The van der Waals surface area contributed by atoms with Crippen molar-refractivity contribution in [2.45, 2.75) is 13.5 Å². The highest BCUT2D eigenvalue weighted by Crippen LogP contribution is 2.02. The Morgan fingerprint density at radius 1 is 1.56 bits per heavy atom. The fourth-order valence-corrected chi connectivity index (χ4v) is 1.53. The molecule has 0 saturated carbocycles. The Labute approximate surface area is 105 Å². The van der Waals surface area contributed by atoms with E-state index in [1.165, 1.54) is 6.20 Å². The lowest BCUT2D eigenvalue weighted by Gasteiger charge is -2.05. The molecule has 6 nitrogen and oxygen atoms in total. The van der Waals surface area contributed by atoms with Crippen molar-refractivity contribution in [2.24, 2.45) is 0 Å². The summed E-state index contributed by atoms with van der Waals surface area (Å²) in [4.78, 5) is 15.7. The van der Waals surface area contributed by atoms with E-state index < -0.39 is 0 Å². The van der Waals surface area contributed by atoms with E-state index in [1.807, 2.05) is 13.1 Å². The summed E-state index contributed by atoms with van der Waals surface area (Å²) in [5.41, 5.74) is 7.53. The van der Waals surface area contributed by atoms with Crippen molar-refractivity contribution in [2.75, 3.05) is 12.3 Å². The van der Waals surface area contributed by atoms with Gasteiger partial charge in [0.1, 0.15) is 5.69 Å². The van der Waals surface area contributed by atoms with E-state index in [0.717, 1.165) is 5.56 Å². The summed E-state index contributed by atoms with van der Waals surface area (Å²) >= 11 is 0. The van der Waals surface area contributed by atoms with Gasteiger partial charge in [-0.25, -0.2) is 0 Å². The Kier molecular flexibility index (Phi) is 3.57. The van der Waals surface area contributed by atoms with Gasteiger partial charge in [-0.15, -0.1) is 0 Å². The molecule has 0 radical (unpaired) electrons. The second-order valence-corrected chi connectivity index (χ2v) is 4.01. The lowest BCUT2D eigenvalue weighted by molar-refractivity contribution is 0.0947. The van der Waals surface area contributed by atoms with E-state index >= 15 is 0 Å². The Morgan fingerprint density at radius 2 is 2.39 bits per heavy atom. The number of hydrogen-bond donors (Lipinski definition) is 2. The van der Waals surface area contributed by atoms with Gasteiger partial charge in [-0.3, -0.25) is 14.5 Å². The zero-order chi connectivity index (χ0) is 13.0. The predicted molar refractivity (Wildman–Crippen MR) is 67.9 cm³/mol. The number of carbonyl (C=O) groups is 1. The maximum atomic E-state index is 11.7. The molecule has 0 saturated heterocycles. The Balaban J connectivity index is 1.85. The normalized spacial score (nSPS) is 10.3. The van der Waals surface area contributed by atoms with Crippen LogP contribution < -0.4 is 11.1 Å². The standard InChI is InChI=1S/C12H15N5O/c1-9-7-16-17(8-9)5-4-15-12(18)11-6-10(13)2-3-14-11/h2-3,6-8H,4-5H2,1H3,(H2,13,14)(H,15,18). The minimum atomic E-state index is -0.230. The summed E-state index contributed by atoms with van der Waals surface area (Å²) in [7, 11) is 0. The molecule has 6 heteroatoms. The Morgan fingerprint density at radius 3 is 3.06 bits per heavy atom. The van der Waals surface area contributed by atoms with Gasteiger partial charge in [0.2, 0.25) is 0 Å². The van der Waals surface area contributed by atoms with E-state index in [9.17, 15) is 4.79 Å². The second-order valence-electron chi connectivity index (χ2n) is 4.01. The molecule has 0 aliphatic heterocycles. The molecule has 3 N–H and O–H groups in total. The third-order valence-corrected chi connectivity index (χ3v) is 2.41. The molecule has 2 aromatic heterocycles. The average Bonchev–Trinajstić information content (AvgIpc) is 2.75. The molecule has 0 aliphatic rings. The molecular formula is C12H15N5O. The highest BCUT2D eigenvalue weighted by atomic mass is 16.1. The maximum absolute atomic E-state index is 11.7. The van der Waals surface area contributed by atoms with Crippen molar-refractivity contribution in [1.82, 2.24) is 20.1 Å². The van der Waals surface area contributed by atoms with Crippen molar-refractivity contribution in [1.29, 1.82) is 0 Å². The van der Waals surface area contributed by atoms with Crippen molar-refractivity contribution in [3.05, 3.63) is 42.0 Å². The van der Waals surface area contributed by atoms with Crippen LogP contribution in [0, 0.1) is 6.92 Å². The smallest absolute Gasteiger partial charge is 0.270 e. The molecule has 0 unspecified atom stereocenters. The lowest BCUT2D eigenvalue weighted by Crippen LogP contribution is -2.28. The van der Waals surface area contributed by atoms with Crippen molar-refractivity contribution in [3.63, 3.8) is 0 Å². The van der Waals surface area contributed by atoms with E-state index in [1.54, 1.807) is 23.0 Å². The van der Waals surface area contributed by atoms with Crippen LogP contribution in [0.2, 0.25) is 0 Å². The lowest BCUT2D eigenvalue weighted by atomic mass is 10.3. The Bertz CT molecular complexity index is 549. The number of aryl methyl sites for hydroxylation is 1. The summed E-state index contributed by atoms with van der Waals surface area (Å²) in [6.45, 7) is 3.09. The van der Waals surface area contributed by atoms with E-state index in [2.05, 4.69) is 15.4 Å². The molecule has 0 bridgehead atoms. The summed E-state index contributed by atoms with van der Waals surface area (Å²) in [5, 5.41) is 6.90. The maximum Gasteiger partial charge on any atom is 0.270 e. The molecule has 0 spiro atoms. The van der Waals surface area contributed by atoms with Crippen LogP contribution in [-0.4, -0.2) is 27.2 Å². The van der Waals surface area contributed by atoms with Gasteiger partial charge in [-0.2, -0.15) is 5.10 Å². The first kappa shape index (κ1) is 12.1. The molecule has 0 atom stereocenters. The van der Waals surface area contributed by atoms with Gasteiger partial charge in [0.25, 0.3) is 5.91 Å². The fraction of sp³-hybridized carbons (Fsp3) is 0.250. The minimum absolute atomic E-state index is 0.230. The van der Waals surface area contributed by atoms with Gasteiger partial charge >= 0.3 is 0 Å². The quantitative estimate of drug-likeness (QED) is 0.825. The number of aromatic nitrogens is 3. The number of nitrogen functional groups attached to an aromatic ring is 1. The van der Waals surface area contributed by atoms with E-state index in [0.29, 0.717) is 24.5 Å². The van der Waals surface area contributed by atoms with Crippen LogP contribution in [0.3, 0.4) is 0 Å². The third kappa shape index (κ3) is 3.07. The second kappa shape index (κ2) is 5.31. The van der Waals surface area contributed by atoms with Gasteiger partial charge in [-0.1, -0.05) is 0 Å². The van der Waals surface area contributed by atoms with Crippen LogP contribution in [0.4, 0.5) is 5.69 Å². The first-order chi connectivity index (χ1) is 8.65. The molecule has 0 aromatic carbocycles. The summed E-state index contributed by atoms with van der Waals surface area (Å²) in [6, 6.07) is 3.19. The van der Waals surface area contributed by atoms with Gasteiger partial charge in [-0.05, 0) is 24.6 Å². The van der Waals surface area contributed by atoms with Crippen LogP contribution in [0.25, 0.3) is 0 Å². The van der Waals surface area contributed by atoms with Crippen molar-refractivity contribution >= 4 is 11.6 Å².